The summed E-state index contributed by atoms with van der Waals surface area (Å²) in [6.07, 6.45) is 1.80. The number of rotatable bonds is 8. The molecule has 1 aromatic heterocycles. The van der Waals surface area contributed by atoms with E-state index in [9.17, 15) is 4.79 Å². The molecule has 0 bridgehead atoms. The summed E-state index contributed by atoms with van der Waals surface area (Å²) in [6, 6.07) is 14.1. The first-order valence-electron chi connectivity index (χ1n) is 9.53. The van der Waals surface area contributed by atoms with Crippen molar-refractivity contribution in [1.82, 2.24) is 4.57 Å². The summed E-state index contributed by atoms with van der Waals surface area (Å²) in [4.78, 5) is 13.0. The van der Waals surface area contributed by atoms with E-state index in [1.54, 1.807) is 0 Å². The molecule has 1 heterocycles. The van der Waals surface area contributed by atoms with Gasteiger partial charge in [0, 0.05) is 40.3 Å². The summed E-state index contributed by atoms with van der Waals surface area (Å²) in [7, 11) is 0. The van der Waals surface area contributed by atoms with Crippen LogP contribution in [0.2, 0.25) is 5.02 Å². The topological polar surface area (TPSA) is 31.2 Å². The van der Waals surface area contributed by atoms with Gasteiger partial charge in [0.2, 0.25) is 0 Å². The van der Waals surface area contributed by atoms with Crippen LogP contribution in [-0.4, -0.2) is 23.6 Å². The van der Waals surface area contributed by atoms with E-state index in [0.717, 1.165) is 51.2 Å². The van der Waals surface area contributed by atoms with Gasteiger partial charge in [0.1, 0.15) is 6.61 Å². The number of ether oxygens (including phenoxy) is 1. The standard InChI is InChI=1S/C23H26ClNO2/c1-4-9-19-23(21(26)15-27-5-2)22-16(3)10-8-13-20(22)25(19)14-17-11-6-7-12-18(17)24/h6-8,10-13H,4-5,9,14-15H2,1-3H3. The van der Waals surface area contributed by atoms with E-state index in [0.29, 0.717) is 13.2 Å². The van der Waals surface area contributed by atoms with Crippen LogP contribution in [0.4, 0.5) is 0 Å². The van der Waals surface area contributed by atoms with Gasteiger partial charge in [-0.25, -0.2) is 0 Å². The van der Waals surface area contributed by atoms with Crippen molar-refractivity contribution in [1.29, 1.82) is 0 Å². The van der Waals surface area contributed by atoms with E-state index in [-0.39, 0.29) is 12.4 Å². The van der Waals surface area contributed by atoms with Crippen molar-refractivity contribution in [3.05, 3.63) is 69.9 Å². The summed E-state index contributed by atoms with van der Waals surface area (Å²) in [5, 5.41) is 1.79. The predicted molar refractivity (Wildman–Crippen MR) is 112 cm³/mol. The molecule has 0 saturated carbocycles. The second-order valence-corrected chi connectivity index (χ2v) is 7.19. The quantitative estimate of drug-likeness (QED) is 0.458. The fourth-order valence-corrected chi connectivity index (χ4v) is 3.86. The Morgan fingerprint density at radius 2 is 1.89 bits per heavy atom. The highest BCUT2D eigenvalue weighted by Crippen LogP contribution is 2.32. The van der Waals surface area contributed by atoms with Gasteiger partial charge in [-0.1, -0.05) is 55.3 Å². The molecule has 3 nitrogen and oxygen atoms in total. The molecule has 0 atom stereocenters. The van der Waals surface area contributed by atoms with Crippen molar-refractivity contribution in [3.63, 3.8) is 0 Å². The van der Waals surface area contributed by atoms with E-state index in [1.165, 1.54) is 0 Å². The SMILES string of the molecule is CCCc1c(C(=O)COCC)c2c(C)cccc2n1Cc1ccccc1Cl. The highest BCUT2D eigenvalue weighted by molar-refractivity contribution is 6.31. The van der Waals surface area contributed by atoms with Crippen molar-refractivity contribution in [2.75, 3.05) is 13.2 Å². The van der Waals surface area contributed by atoms with Crippen LogP contribution in [0.5, 0.6) is 0 Å². The van der Waals surface area contributed by atoms with E-state index in [2.05, 4.69) is 30.5 Å². The Kier molecular flexibility index (Phi) is 6.35. The third kappa shape index (κ3) is 3.95. The molecule has 0 fully saturated rings. The first-order valence-corrected chi connectivity index (χ1v) is 9.91. The molecular weight excluding hydrogens is 358 g/mol. The summed E-state index contributed by atoms with van der Waals surface area (Å²) in [5.41, 5.74) is 5.14. The van der Waals surface area contributed by atoms with Crippen LogP contribution in [0.1, 0.15) is 47.4 Å². The molecule has 0 aliphatic heterocycles. The number of ketones is 1. The molecule has 3 rings (SSSR count). The van der Waals surface area contributed by atoms with Gasteiger partial charge in [-0.05, 0) is 43.5 Å². The fraction of sp³-hybridized carbons (Fsp3) is 0.348. The monoisotopic (exact) mass is 383 g/mol. The van der Waals surface area contributed by atoms with Gasteiger partial charge in [0.05, 0.1) is 0 Å². The average Bonchev–Trinajstić information content (AvgIpc) is 2.97. The van der Waals surface area contributed by atoms with Crippen LogP contribution in [0, 0.1) is 6.92 Å². The molecular formula is C23H26ClNO2. The van der Waals surface area contributed by atoms with Crippen LogP contribution in [-0.2, 0) is 17.7 Å². The Morgan fingerprint density at radius 3 is 2.59 bits per heavy atom. The first kappa shape index (κ1) is 19.7. The number of halogens is 1. The molecule has 0 amide bonds. The maximum absolute atomic E-state index is 13.0. The second kappa shape index (κ2) is 8.73. The molecule has 0 unspecified atom stereocenters. The summed E-state index contributed by atoms with van der Waals surface area (Å²) < 4.78 is 7.69. The molecule has 0 aliphatic rings. The highest BCUT2D eigenvalue weighted by atomic mass is 35.5. The lowest BCUT2D eigenvalue weighted by Crippen LogP contribution is -2.13. The van der Waals surface area contributed by atoms with Crippen molar-refractivity contribution >= 4 is 28.3 Å². The first-order chi connectivity index (χ1) is 13.1. The molecule has 0 saturated heterocycles. The van der Waals surface area contributed by atoms with Gasteiger partial charge in [-0.3, -0.25) is 4.79 Å². The Labute approximate surface area is 165 Å². The third-order valence-corrected chi connectivity index (χ3v) is 5.26. The zero-order valence-electron chi connectivity index (χ0n) is 16.2. The molecule has 0 spiro atoms. The zero-order chi connectivity index (χ0) is 19.4. The largest absolute Gasteiger partial charge is 0.374 e. The predicted octanol–water partition coefficient (Wildman–Crippen LogP) is 5.82. The molecule has 27 heavy (non-hydrogen) atoms. The number of hydrogen-bond acceptors (Lipinski definition) is 2. The van der Waals surface area contributed by atoms with Crippen molar-refractivity contribution < 1.29 is 9.53 Å². The Balaban J connectivity index is 2.22. The molecule has 0 radical (unpaired) electrons. The van der Waals surface area contributed by atoms with E-state index < -0.39 is 0 Å². The van der Waals surface area contributed by atoms with Gasteiger partial charge in [0.15, 0.2) is 5.78 Å². The second-order valence-electron chi connectivity index (χ2n) is 6.78. The van der Waals surface area contributed by atoms with Crippen LogP contribution < -0.4 is 0 Å². The lowest BCUT2D eigenvalue weighted by molar-refractivity contribution is 0.0783. The Bertz CT molecular complexity index is 958. The maximum atomic E-state index is 13.0. The minimum Gasteiger partial charge on any atom is -0.374 e. The number of benzene rings is 2. The summed E-state index contributed by atoms with van der Waals surface area (Å²) >= 11 is 6.42. The fourth-order valence-electron chi connectivity index (χ4n) is 3.67. The number of hydrogen-bond donors (Lipinski definition) is 0. The van der Waals surface area contributed by atoms with Gasteiger partial charge in [0.25, 0.3) is 0 Å². The zero-order valence-corrected chi connectivity index (χ0v) is 17.0. The molecule has 0 aliphatic carbocycles. The van der Waals surface area contributed by atoms with Gasteiger partial charge in [-0.2, -0.15) is 0 Å². The number of aryl methyl sites for hydroxylation is 1. The number of Topliss-reactive ketones (excluding diaryl/α,β-unsaturated/α-hetero) is 1. The Morgan fingerprint density at radius 1 is 1.11 bits per heavy atom. The number of carbonyl (C=O) groups excluding carboxylic acids is 1. The van der Waals surface area contributed by atoms with Crippen LogP contribution in [0.15, 0.2) is 42.5 Å². The van der Waals surface area contributed by atoms with E-state index in [4.69, 9.17) is 16.3 Å². The molecule has 4 heteroatoms. The van der Waals surface area contributed by atoms with Gasteiger partial charge >= 0.3 is 0 Å². The lowest BCUT2D eigenvalue weighted by Gasteiger charge is -2.13. The third-order valence-electron chi connectivity index (χ3n) is 4.90. The van der Waals surface area contributed by atoms with E-state index in [1.807, 2.05) is 37.3 Å². The van der Waals surface area contributed by atoms with Crippen LogP contribution in [0.3, 0.4) is 0 Å². The molecule has 142 valence electrons. The Hall–Kier alpha value is -2.10. The maximum Gasteiger partial charge on any atom is 0.190 e. The molecule has 0 N–H and O–H groups in total. The lowest BCUT2D eigenvalue weighted by atomic mass is 10.0. The highest BCUT2D eigenvalue weighted by Gasteiger charge is 2.23. The number of carbonyl (C=O) groups is 1. The normalized spacial score (nSPS) is 11.3. The molecule has 2 aromatic carbocycles. The van der Waals surface area contributed by atoms with Crippen molar-refractivity contribution in [2.45, 2.75) is 40.2 Å². The number of aromatic nitrogens is 1. The minimum absolute atomic E-state index is 0.0532. The number of nitrogens with zero attached hydrogens (tertiary/aromatic N) is 1. The van der Waals surface area contributed by atoms with Crippen molar-refractivity contribution in [3.8, 4) is 0 Å². The summed E-state index contributed by atoms with van der Waals surface area (Å²) in [6.45, 7) is 7.42. The van der Waals surface area contributed by atoms with Crippen LogP contribution in [0.25, 0.3) is 10.9 Å². The smallest absolute Gasteiger partial charge is 0.190 e. The van der Waals surface area contributed by atoms with Gasteiger partial charge in [-0.15, -0.1) is 0 Å². The average molecular weight is 384 g/mol. The van der Waals surface area contributed by atoms with E-state index >= 15 is 0 Å². The number of fused-ring (bicyclic) bond motifs is 1. The summed E-state index contributed by atoms with van der Waals surface area (Å²) in [5.74, 6) is 0.0532. The molecule has 3 aromatic rings. The van der Waals surface area contributed by atoms with Crippen molar-refractivity contribution in [2.24, 2.45) is 0 Å². The van der Waals surface area contributed by atoms with Crippen LogP contribution >= 0.6 is 11.6 Å². The minimum atomic E-state index is 0.0532. The van der Waals surface area contributed by atoms with Gasteiger partial charge < -0.3 is 9.30 Å².